The van der Waals surface area contributed by atoms with Crippen molar-refractivity contribution < 1.29 is 9.59 Å². The van der Waals surface area contributed by atoms with E-state index in [2.05, 4.69) is 31.7 Å². The Morgan fingerprint density at radius 2 is 1.94 bits per heavy atom. The lowest BCUT2D eigenvalue weighted by molar-refractivity contribution is 0.0652. The summed E-state index contributed by atoms with van der Waals surface area (Å²) in [6.07, 6.45) is 8.45. The second-order valence-electron chi connectivity index (χ2n) is 8.28. The number of aliphatic imine (C=N–C) groups is 1. The molecule has 2 aromatic rings. The molecule has 164 valence electrons. The quantitative estimate of drug-likeness (QED) is 0.335. The van der Waals surface area contributed by atoms with E-state index >= 15 is 0 Å². The molecular weight excluding hydrogens is 392 g/mol. The largest absolute Gasteiger partial charge is 0.356 e. The van der Waals surface area contributed by atoms with E-state index < -0.39 is 0 Å². The first-order chi connectivity index (χ1) is 15.1. The Labute approximate surface area is 183 Å². The Morgan fingerprint density at radius 1 is 1.19 bits per heavy atom. The predicted molar refractivity (Wildman–Crippen MR) is 119 cm³/mol. The van der Waals surface area contributed by atoms with Crippen LogP contribution in [0.3, 0.4) is 0 Å². The predicted octanol–water partition coefficient (Wildman–Crippen LogP) is 2.42. The number of nitrogens with zero attached hydrogens (tertiary/aromatic N) is 5. The summed E-state index contributed by atoms with van der Waals surface area (Å²) in [5, 5.41) is 3.45. The van der Waals surface area contributed by atoms with Crippen LogP contribution in [0.25, 0.3) is 0 Å². The fourth-order valence-electron chi connectivity index (χ4n) is 4.46. The fourth-order valence-corrected chi connectivity index (χ4v) is 4.46. The highest BCUT2D eigenvalue weighted by atomic mass is 16.2. The monoisotopic (exact) mass is 422 g/mol. The van der Waals surface area contributed by atoms with Gasteiger partial charge in [-0.2, -0.15) is 0 Å². The Bertz CT molecular complexity index is 920. The standard InChI is InChI=1S/C23H30N6O2/c1-17-9-13-27(15-20(17)28-14-11-25-16-28)23(24-2)26-10-5-6-12-29-21(30)18-7-3-4-8-19(18)22(29)31/h3-4,7-8,11,14,16-17,20H,5-6,9-10,12-13,15H2,1-2H3,(H,24,26). The van der Waals surface area contributed by atoms with Crippen LogP contribution in [0.5, 0.6) is 0 Å². The Kier molecular flexibility index (Phi) is 6.34. The molecule has 4 rings (SSSR count). The van der Waals surface area contributed by atoms with Gasteiger partial charge in [0.15, 0.2) is 5.96 Å². The van der Waals surface area contributed by atoms with Crippen LogP contribution in [-0.4, -0.2) is 70.4 Å². The van der Waals surface area contributed by atoms with E-state index in [1.807, 2.05) is 25.8 Å². The van der Waals surface area contributed by atoms with Gasteiger partial charge in [-0.05, 0) is 37.3 Å². The summed E-state index contributed by atoms with van der Waals surface area (Å²) in [6.45, 7) is 5.35. The van der Waals surface area contributed by atoms with E-state index in [1.165, 1.54) is 4.90 Å². The smallest absolute Gasteiger partial charge is 0.261 e. The Morgan fingerprint density at radius 3 is 2.58 bits per heavy atom. The topological polar surface area (TPSA) is 82.8 Å². The molecule has 0 spiro atoms. The number of carbonyl (C=O) groups excluding carboxylic acids is 2. The number of guanidine groups is 1. The van der Waals surface area contributed by atoms with Crippen LogP contribution in [0.4, 0.5) is 0 Å². The van der Waals surface area contributed by atoms with Gasteiger partial charge in [0.1, 0.15) is 0 Å². The van der Waals surface area contributed by atoms with Crippen molar-refractivity contribution in [2.75, 3.05) is 33.2 Å². The van der Waals surface area contributed by atoms with Gasteiger partial charge in [-0.1, -0.05) is 19.1 Å². The highest BCUT2D eigenvalue weighted by Gasteiger charge is 2.34. The molecule has 2 atom stereocenters. The Hall–Kier alpha value is -3.16. The molecule has 8 heteroatoms. The van der Waals surface area contributed by atoms with Gasteiger partial charge in [-0.15, -0.1) is 0 Å². The van der Waals surface area contributed by atoms with Crippen LogP contribution in [0.15, 0.2) is 48.0 Å². The van der Waals surface area contributed by atoms with Gasteiger partial charge in [0.25, 0.3) is 11.8 Å². The number of hydrogen-bond donors (Lipinski definition) is 1. The lowest BCUT2D eigenvalue weighted by atomic mass is 9.93. The van der Waals surface area contributed by atoms with Gasteiger partial charge in [0.2, 0.25) is 0 Å². The highest BCUT2D eigenvalue weighted by molar-refractivity contribution is 6.21. The summed E-state index contributed by atoms with van der Waals surface area (Å²) in [7, 11) is 1.81. The average Bonchev–Trinajstić information content (AvgIpc) is 3.40. The molecule has 1 aromatic heterocycles. The molecule has 2 unspecified atom stereocenters. The minimum Gasteiger partial charge on any atom is -0.356 e. The number of benzene rings is 1. The number of nitrogens with one attached hydrogen (secondary N) is 1. The van der Waals surface area contributed by atoms with Crippen LogP contribution in [0, 0.1) is 5.92 Å². The molecule has 31 heavy (non-hydrogen) atoms. The molecule has 2 aliphatic heterocycles. The van der Waals surface area contributed by atoms with Gasteiger partial charge in [0.05, 0.1) is 23.5 Å². The number of unbranched alkanes of at least 4 members (excludes halogenated alkanes) is 1. The molecule has 2 aliphatic rings. The van der Waals surface area contributed by atoms with E-state index in [0.717, 1.165) is 44.9 Å². The molecule has 0 aliphatic carbocycles. The van der Waals surface area contributed by atoms with Crippen molar-refractivity contribution in [1.29, 1.82) is 0 Å². The second-order valence-corrected chi connectivity index (χ2v) is 8.28. The van der Waals surface area contributed by atoms with E-state index in [-0.39, 0.29) is 11.8 Å². The minimum atomic E-state index is -0.183. The van der Waals surface area contributed by atoms with Gasteiger partial charge >= 0.3 is 0 Å². The van der Waals surface area contributed by atoms with Crippen LogP contribution in [0.2, 0.25) is 0 Å². The summed E-state index contributed by atoms with van der Waals surface area (Å²) in [5.41, 5.74) is 1.02. The highest BCUT2D eigenvalue weighted by Crippen LogP contribution is 2.27. The number of piperidine rings is 1. The summed E-state index contributed by atoms with van der Waals surface area (Å²) in [6, 6.07) is 7.40. The molecule has 1 aromatic carbocycles. The normalized spacial score (nSPS) is 21.5. The summed E-state index contributed by atoms with van der Waals surface area (Å²) < 4.78 is 2.19. The molecule has 0 radical (unpaired) electrons. The molecule has 8 nitrogen and oxygen atoms in total. The summed E-state index contributed by atoms with van der Waals surface area (Å²) >= 11 is 0. The van der Waals surface area contributed by atoms with Gasteiger partial charge in [0, 0.05) is 45.6 Å². The van der Waals surface area contributed by atoms with Crippen molar-refractivity contribution >= 4 is 17.8 Å². The maximum absolute atomic E-state index is 12.4. The molecule has 1 saturated heterocycles. The number of amides is 2. The summed E-state index contributed by atoms with van der Waals surface area (Å²) in [5.74, 6) is 1.12. The van der Waals surface area contributed by atoms with E-state index in [0.29, 0.717) is 29.6 Å². The molecule has 0 bridgehead atoms. The van der Waals surface area contributed by atoms with E-state index in [4.69, 9.17) is 0 Å². The second kappa shape index (κ2) is 9.32. The number of fused-ring (bicyclic) bond motifs is 1. The third-order valence-electron chi connectivity index (χ3n) is 6.31. The van der Waals surface area contributed by atoms with Gasteiger partial charge in [-0.25, -0.2) is 4.98 Å². The lowest BCUT2D eigenvalue weighted by Crippen LogP contribution is -2.49. The van der Waals surface area contributed by atoms with Crippen molar-refractivity contribution in [3.05, 3.63) is 54.1 Å². The molecule has 1 N–H and O–H groups in total. The number of carbonyl (C=O) groups is 2. The Balaban J connectivity index is 1.24. The van der Waals surface area contributed by atoms with Crippen molar-refractivity contribution in [2.45, 2.75) is 32.2 Å². The molecule has 2 amide bonds. The van der Waals surface area contributed by atoms with Crippen LogP contribution in [0.1, 0.15) is 52.9 Å². The fraction of sp³-hybridized carbons (Fsp3) is 0.478. The van der Waals surface area contributed by atoms with Crippen molar-refractivity contribution in [1.82, 2.24) is 24.7 Å². The SMILES string of the molecule is CN=C(NCCCCN1C(=O)c2ccccc2C1=O)N1CCC(C)C(n2ccnc2)C1. The minimum absolute atomic E-state index is 0.183. The third-order valence-corrected chi connectivity index (χ3v) is 6.31. The molecule has 3 heterocycles. The zero-order chi connectivity index (χ0) is 21.8. The maximum atomic E-state index is 12.4. The van der Waals surface area contributed by atoms with Gasteiger partial charge < -0.3 is 14.8 Å². The number of hydrogen-bond acceptors (Lipinski definition) is 4. The first kappa shape index (κ1) is 21.1. The van der Waals surface area contributed by atoms with Crippen LogP contribution in [-0.2, 0) is 0 Å². The first-order valence-electron chi connectivity index (χ1n) is 11.0. The van der Waals surface area contributed by atoms with Crippen molar-refractivity contribution in [3.63, 3.8) is 0 Å². The molecular formula is C23H30N6O2. The van der Waals surface area contributed by atoms with Crippen LogP contribution < -0.4 is 5.32 Å². The zero-order valence-corrected chi connectivity index (χ0v) is 18.2. The van der Waals surface area contributed by atoms with Crippen LogP contribution >= 0.6 is 0 Å². The maximum Gasteiger partial charge on any atom is 0.261 e. The summed E-state index contributed by atoms with van der Waals surface area (Å²) in [4.78, 5) is 37.2. The number of rotatable bonds is 6. The lowest BCUT2D eigenvalue weighted by Gasteiger charge is -2.39. The number of aromatic nitrogens is 2. The number of imidazole rings is 1. The third kappa shape index (κ3) is 4.33. The number of imide groups is 1. The van der Waals surface area contributed by atoms with E-state index in [1.54, 1.807) is 24.3 Å². The van der Waals surface area contributed by atoms with Crippen molar-refractivity contribution in [2.24, 2.45) is 10.9 Å². The number of likely N-dealkylation sites (tertiary alicyclic amines) is 1. The molecule has 0 saturated carbocycles. The molecule has 1 fully saturated rings. The van der Waals surface area contributed by atoms with Gasteiger partial charge in [-0.3, -0.25) is 19.5 Å². The van der Waals surface area contributed by atoms with E-state index in [9.17, 15) is 9.59 Å². The first-order valence-corrected chi connectivity index (χ1v) is 11.0. The van der Waals surface area contributed by atoms with Crippen molar-refractivity contribution in [3.8, 4) is 0 Å². The zero-order valence-electron chi connectivity index (χ0n) is 18.2. The average molecular weight is 423 g/mol.